The first kappa shape index (κ1) is 24.1. The molecule has 2 aromatic carbocycles. The fourth-order valence-electron chi connectivity index (χ4n) is 3.28. The van der Waals surface area contributed by atoms with Crippen molar-refractivity contribution in [3.05, 3.63) is 75.5 Å². The fourth-order valence-corrected chi connectivity index (χ4v) is 4.07. The molecule has 0 spiro atoms. The number of halogens is 6. The van der Waals surface area contributed by atoms with Crippen molar-refractivity contribution in [3.8, 4) is 16.9 Å². The van der Waals surface area contributed by atoms with E-state index >= 15 is 0 Å². The predicted octanol–water partition coefficient (Wildman–Crippen LogP) is 6.11. The summed E-state index contributed by atoms with van der Waals surface area (Å²) in [4.78, 5) is 0.557. The topological polar surface area (TPSA) is 49.7 Å². The van der Waals surface area contributed by atoms with E-state index in [9.17, 15) is 31.4 Å². The van der Waals surface area contributed by atoms with E-state index in [0.29, 0.717) is 16.2 Å². The van der Waals surface area contributed by atoms with E-state index in [1.54, 1.807) is 24.3 Å². The Morgan fingerprint density at radius 3 is 2.12 bits per heavy atom. The number of rotatable bonds is 6. The summed E-state index contributed by atoms with van der Waals surface area (Å²) in [6.07, 6.45) is -12.0. The highest BCUT2D eigenvalue weighted by molar-refractivity contribution is 7.10. The lowest BCUT2D eigenvalue weighted by molar-refractivity contribution is -0.376. The molecule has 1 aromatic heterocycles. The summed E-state index contributed by atoms with van der Waals surface area (Å²) in [5.41, 5.74) is -6.18. The third-order valence-electron chi connectivity index (χ3n) is 4.91. The number of aliphatic hydroxyl groups is 2. The first-order valence-corrected chi connectivity index (χ1v) is 10.1. The Morgan fingerprint density at radius 1 is 0.938 bits per heavy atom. The Hall–Kier alpha value is -2.56. The molecule has 0 radical (unpaired) electrons. The second-order valence-corrected chi connectivity index (χ2v) is 8.09. The number of thiophene rings is 1. The molecule has 0 saturated carbocycles. The van der Waals surface area contributed by atoms with Gasteiger partial charge in [-0.05, 0) is 52.8 Å². The van der Waals surface area contributed by atoms with Gasteiger partial charge in [0.25, 0.3) is 5.60 Å². The number of hydrogen-bond acceptors (Lipinski definition) is 4. The van der Waals surface area contributed by atoms with Crippen molar-refractivity contribution in [2.45, 2.75) is 38.1 Å². The van der Waals surface area contributed by atoms with Crippen LogP contribution in [0.5, 0.6) is 5.75 Å². The number of hydrogen-bond donors (Lipinski definition) is 2. The maximum Gasteiger partial charge on any atom is 0.430 e. The number of aryl methyl sites for hydroxylation is 1. The van der Waals surface area contributed by atoms with Crippen molar-refractivity contribution in [1.82, 2.24) is 0 Å². The molecular formula is C22H18F6O3S. The van der Waals surface area contributed by atoms with Gasteiger partial charge in [0.2, 0.25) is 0 Å². The lowest BCUT2D eigenvalue weighted by atomic mass is 9.83. The largest absolute Gasteiger partial charge is 0.488 e. The van der Waals surface area contributed by atoms with Crippen molar-refractivity contribution in [3.63, 3.8) is 0 Å². The molecule has 0 aliphatic heterocycles. The van der Waals surface area contributed by atoms with Gasteiger partial charge in [-0.2, -0.15) is 26.3 Å². The highest BCUT2D eigenvalue weighted by atomic mass is 32.1. The van der Waals surface area contributed by atoms with Crippen LogP contribution in [0, 0.1) is 6.92 Å². The third kappa shape index (κ3) is 4.48. The van der Waals surface area contributed by atoms with E-state index in [-0.39, 0.29) is 29.9 Å². The minimum absolute atomic E-state index is 0.0348. The smallest absolute Gasteiger partial charge is 0.430 e. The molecule has 2 N–H and O–H groups in total. The molecule has 32 heavy (non-hydrogen) atoms. The highest BCUT2D eigenvalue weighted by Gasteiger charge is 2.72. The molecule has 0 fully saturated rings. The predicted molar refractivity (Wildman–Crippen MR) is 107 cm³/mol. The van der Waals surface area contributed by atoms with Crippen LogP contribution in [0.1, 0.15) is 21.6 Å². The number of ether oxygens (including phenoxy) is 1. The van der Waals surface area contributed by atoms with Crippen LogP contribution in [0.25, 0.3) is 11.1 Å². The number of aliphatic hydroxyl groups excluding tert-OH is 1. The van der Waals surface area contributed by atoms with Crippen molar-refractivity contribution in [1.29, 1.82) is 0 Å². The standard InChI is InChI=1S/C22H18F6O3S/c1-13-3-2-4-18(19(13)20(30,21(23,24)25)22(26,27)28)15-9-17(32-12-15)11-31-16-7-5-14(10-29)6-8-16/h2-9,12,29-30H,10-11H2,1H3. The normalized spacial score (nSPS) is 12.8. The van der Waals surface area contributed by atoms with Crippen LogP contribution in [0.2, 0.25) is 0 Å². The van der Waals surface area contributed by atoms with E-state index in [2.05, 4.69) is 0 Å². The molecule has 0 aliphatic rings. The second kappa shape index (κ2) is 8.76. The van der Waals surface area contributed by atoms with Gasteiger partial charge in [-0.25, -0.2) is 0 Å². The second-order valence-electron chi connectivity index (χ2n) is 7.10. The van der Waals surface area contributed by atoms with Crippen LogP contribution in [0.15, 0.2) is 53.9 Å². The molecule has 0 atom stereocenters. The Morgan fingerprint density at radius 2 is 1.56 bits per heavy atom. The van der Waals surface area contributed by atoms with E-state index in [1.807, 2.05) is 0 Å². The van der Waals surface area contributed by atoms with E-state index in [1.165, 1.54) is 17.5 Å². The van der Waals surface area contributed by atoms with Crippen LogP contribution in [0.3, 0.4) is 0 Å². The zero-order chi connectivity index (χ0) is 23.7. The van der Waals surface area contributed by atoms with Gasteiger partial charge in [-0.1, -0.05) is 30.3 Å². The molecule has 172 valence electrons. The third-order valence-corrected chi connectivity index (χ3v) is 5.82. The monoisotopic (exact) mass is 476 g/mol. The zero-order valence-electron chi connectivity index (χ0n) is 16.6. The summed E-state index contributed by atoms with van der Waals surface area (Å²) >= 11 is 1.10. The lowest BCUT2D eigenvalue weighted by Crippen LogP contribution is -2.54. The van der Waals surface area contributed by atoms with Gasteiger partial charge in [-0.3, -0.25) is 0 Å². The van der Waals surface area contributed by atoms with Gasteiger partial charge in [-0.15, -0.1) is 11.3 Å². The maximum absolute atomic E-state index is 13.5. The van der Waals surface area contributed by atoms with Crippen LogP contribution < -0.4 is 4.74 Å². The number of benzene rings is 2. The van der Waals surface area contributed by atoms with Gasteiger partial charge in [0, 0.05) is 10.4 Å². The number of alkyl halides is 6. The molecular weight excluding hydrogens is 458 g/mol. The molecule has 10 heteroatoms. The van der Waals surface area contributed by atoms with Gasteiger partial charge < -0.3 is 14.9 Å². The minimum atomic E-state index is -5.98. The van der Waals surface area contributed by atoms with Crippen molar-refractivity contribution < 1.29 is 41.3 Å². The maximum atomic E-state index is 13.5. The van der Waals surface area contributed by atoms with Gasteiger partial charge in [0.1, 0.15) is 12.4 Å². The molecule has 0 unspecified atom stereocenters. The molecule has 3 rings (SSSR count). The quantitative estimate of drug-likeness (QED) is 0.423. The SMILES string of the molecule is Cc1cccc(-c2csc(COc3ccc(CO)cc3)c2)c1C(O)(C(F)(F)F)C(F)(F)F. The zero-order valence-corrected chi connectivity index (χ0v) is 17.4. The minimum Gasteiger partial charge on any atom is -0.488 e. The average molecular weight is 476 g/mol. The van der Waals surface area contributed by atoms with Crippen molar-refractivity contribution in [2.75, 3.05) is 0 Å². The highest BCUT2D eigenvalue weighted by Crippen LogP contribution is 2.53. The Balaban J connectivity index is 1.96. The van der Waals surface area contributed by atoms with E-state index in [4.69, 9.17) is 9.84 Å². The summed E-state index contributed by atoms with van der Waals surface area (Å²) in [6, 6.07) is 11.5. The average Bonchev–Trinajstić information content (AvgIpc) is 3.19. The first-order chi connectivity index (χ1) is 14.9. The molecule has 0 saturated heterocycles. The van der Waals surface area contributed by atoms with Crippen LogP contribution >= 0.6 is 11.3 Å². The Bertz CT molecular complexity index is 1060. The first-order valence-electron chi connectivity index (χ1n) is 9.24. The van der Waals surface area contributed by atoms with E-state index < -0.39 is 23.5 Å². The molecule has 1 heterocycles. The molecule has 0 amide bonds. The summed E-state index contributed by atoms with van der Waals surface area (Å²) in [7, 11) is 0. The van der Waals surface area contributed by atoms with Crippen LogP contribution in [-0.2, 0) is 18.8 Å². The summed E-state index contributed by atoms with van der Waals surface area (Å²) in [5, 5.41) is 20.5. The Kier molecular flexibility index (Phi) is 6.60. The fraction of sp³-hybridized carbons (Fsp3) is 0.273. The summed E-state index contributed by atoms with van der Waals surface area (Å²) < 4.78 is 86.7. The molecule has 0 bridgehead atoms. The van der Waals surface area contributed by atoms with E-state index in [0.717, 1.165) is 30.4 Å². The van der Waals surface area contributed by atoms with Gasteiger partial charge >= 0.3 is 12.4 Å². The molecule has 0 aliphatic carbocycles. The van der Waals surface area contributed by atoms with Crippen LogP contribution in [0.4, 0.5) is 26.3 Å². The Labute approximate surface area is 183 Å². The van der Waals surface area contributed by atoms with Gasteiger partial charge in [0.05, 0.1) is 6.61 Å². The summed E-state index contributed by atoms with van der Waals surface area (Å²) in [5.74, 6) is 0.483. The summed E-state index contributed by atoms with van der Waals surface area (Å²) in [6.45, 7) is 0.996. The van der Waals surface area contributed by atoms with Crippen LogP contribution in [-0.4, -0.2) is 22.6 Å². The molecule has 3 aromatic rings. The van der Waals surface area contributed by atoms with Crippen molar-refractivity contribution >= 4 is 11.3 Å². The lowest BCUT2D eigenvalue weighted by Gasteiger charge is -2.35. The van der Waals surface area contributed by atoms with Crippen molar-refractivity contribution in [2.24, 2.45) is 0 Å². The van der Waals surface area contributed by atoms with Gasteiger partial charge in [0.15, 0.2) is 0 Å². The molecule has 3 nitrogen and oxygen atoms in total.